The number of amides is 2. The van der Waals surface area contributed by atoms with Gasteiger partial charge in [-0.3, -0.25) is 9.59 Å². The molecule has 6 nitrogen and oxygen atoms in total. The van der Waals surface area contributed by atoms with Crippen molar-refractivity contribution < 1.29 is 14.3 Å². The molecule has 4 rings (SSSR count). The number of rotatable bonds is 4. The second-order valence-corrected chi connectivity index (χ2v) is 8.20. The number of carbonyl (C=O) groups excluding carboxylic acids is 2. The van der Waals surface area contributed by atoms with Crippen molar-refractivity contribution in [2.75, 3.05) is 38.7 Å². The van der Waals surface area contributed by atoms with E-state index in [1.165, 1.54) is 0 Å². The molecule has 1 unspecified atom stereocenters. The molecule has 7 heteroatoms. The molecule has 0 bridgehead atoms. The van der Waals surface area contributed by atoms with Crippen LogP contribution in [0.1, 0.15) is 42.5 Å². The first-order valence-electron chi connectivity index (χ1n) is 10.1. The van der Waals surface area contributed by atoms with Crippen molar-refractivity contribution in [3.63, 3.8) is 0 Å². The van der Waals surface area contributed by atoms with Crippen LogP contribution in [0.4, 0.5) is 5.69 Å². The predicted octanol–water partition coefficient (Wildman–Crippen LogP) is 2.69. The molecule has 1 aromatic rings. The number of benzene rings is 1. The zero-order chi connectivity index (χ0) is 18.9. The quantitative estimate of drug-likeness (QED) is 0.805. The summed E-state index contributed by atoms with van der Waals surface area (Å²) in [6.07, 6.45) is 4.96. The van der Waals surface area contributed by atoms with Crippen molar-refractivity contribution in [2.24, 2.45) is 11.3 Å². The van der Waals surface area contributed by atoms with Gasteiger partial charge in [-0.25, -0.2) is 0 Å². The molecule has 0 radical (unpaired) electrons. The second kappa shape index (κ2) is 8.80. The highest BCUT2D eigenvalue weighted by Crippen LogP contribution is 2.58. The lowest BCUT2D eigenvalue weighted by Crippen LogP contribution is -2.40. The summed E-state index contributed by atoms with van der Waals surface area (Å²) in [4.78, 5) is 27.1. The van der Waals surface area contributed by atoms with Gasteiger partial charge in [0.2, 0.25) is 5.91 Å². The monoisotopic (exact) mass is 407 g/mol. The molecule has 1 spiro atoms. The molecule has 3 aliphatic rings. The summed E-state index contributed by atoms with van der Waals surface area (Å²) in [5.41, 5.74) is 1.65. The molecule has 0 aromatic heterocycles. The summed E-state index contributed by atoms with van der Waals surface area (Å²) < 4.78 is 5.37. The minimum Gasteiger partial charge on any atom is -0.381 e. The van der Waals surface area contributed by atoms with Gasteiger partial charge in [-0.2, -0.15) is 0 Å². The maximum atomic E-state index is 12.7. The van der Waals surface area contributed by atoms with Gasteiger partial charge >= 0.3 is 0 Å². The Balaban J connectivity index is 0.00000225. The van der Waals surface area contributed by atoms with Crippen molar-refractivity contribution >= 4 is 29.9 Å². The highest BCUT2D eigenvalue weighted by Gasteiger charge is 2.57. The van der Waals surface area contributed by atoms with Crippen LogP contribution in [-0.4, -0.2) is 56.1 Å². The summed E-state index contributed by atoms with van der Waals surface area (Å²) in [6.45, 7) is 3.46. The van der Waals surface area contributed by atoms with E-state index in [2.05, 4.69) is 10.6 Å². The van der Waals surface area contributed by atoms with Crippen LogP contribution < -0.4 is 10.6 Å². The van der Waals surface area contributed by atoms with Crippen molar-refractivity contribution in [3.8, 4) is 0 Å². The maximum absolute atomic E-state index is 12.7. The molecule has 154 valence electrons. The molecule has 28 heavy (non-hydrogen) atoms. The Hall–Kier alpha value is -1.63. The maximum Gasteiger partial charge on any atom is 0.253 e. The molecular weight excluding hydrogens is 378 g/mol. The Morgan fingerprint density at radius 3 is 2.43 bits per heavy atom. The predicted molar refractivity (Wildman–Crippen MR) is 111 cm³/mol. The lowest BCUT2D eigenvalue weighted by molar-refractivity contribution is -0.118. The fourth-order valence-corrected chi connectivity index (χ4v) is 4.56. The average molecular weight is 408 g/mol. The van der Waals surface area contributed by atoms with Crippen molar-refractivity contribution in [1.82, 2.24) is 10.2 Å². The summed E-state index contributed by atoms with van der Waals surface area (Å²) >= 11 is 0. The third kappa shape index (κ3) is 4.34. The molecule has 1 atom stereocenters. The molecule has 2 aliphatic heterocycles. The van der Waals surface area contributed by atoms with Crippen molar-refractivity contribution in [2.45, 2.75) is 38.1 Å². The average Bonchev–Trinajstić information content (AvgIpc) is 3.41. The van der Waals surface area contributed by atoms with Gasteiger partial charge in [0.25, 0.3) is 5.91 Å². The largest absolute Gasteiger partial charge is 0.381 e. The molecule has 2 saturated heterocycles. The highest BCUT2D eigenvalue weighted by molar-refractivity contribution is 5.97. The standard InChI is InChI=1S/C21H29N3O3.ClH/c1-24(17-6-12-27-13-7-17)20(26)15-2-4-16(5-3-15)23-19(25)18-14-21(18)8-10-22-11-9-21;/h2-5,17-18,22H,6-14H2,1H3,(H,23,25);1H. The SMILES string of the molecule is CN(C(=O)c1ccc(NC(=O)C2CC23CCNCC3)cc1)C1CCOCC1.Cl. The van der Waals surface area contributed by atoms with E-state index in [9.17, 15) is 9.59 Å². The fourth-order valence-electron chi connectivity index (χ4n) is 4.56. The molecular formula is C21H30ClN3O3. The van der Waals surface area contributed by atoms with Gasteiger partial charge in [0.1, 0.15) is 0 Å². The van der Waals surface area contributed by atoms with E-state index in [4.69, 9.17) is 4.74 Å². The van der Waals surface area contributed by atoms with Crippen LogP contribution in [0.15, 0.2) is 24.3 Å². The molecule has 1 saturated carbocycles. The van der Waals surface area contributed by atoms with E-state index in [0.717, 1.165) is 50.9 Å². The summed E-state index contributed by atoms with van der Waals surface area (Å²) in [7, 11) is 1.86. The van der Waals surface area contributed by atoms with Crippen LogP contribution in [0, 0.1) is 11.3 Å². The van der Waals surface area contributed by atoms with Crippen LogP contribution in [-0.2, 0) is 9.53 Å². The fraction of sp³-hybridized carbons (Fsp3) is 0.619. The number of piperidine rings is 1. The first kappa shape index (κ1) is 21.1. The Kier molecular flexibility index (Phi) is 6.63. The summed E-state index contributed by atoms with van der Waals surface area (Å²) in [5.74, 6) is 0.284. The highest BCUT2D eigenvalue weighted by atomic mass is 35.5. The molecule has 1 aromatic carbocycles. The Morgan fingerprint density at radius 1 is 1.14 bits per heavy atom. The molecule has 2 amide bonds. The number of nitrogens with one attached hydrogen (secondary N) is 2. The van der Waals surface area contributed by atoms with Crippen molar-refractivity contribution in [3.05, 3.63) is 29.8 Å². The smallest absolute Gasteiger partial charge is 0.253 e. The minimum atomic E-state index is 0. The molecule has 2 heterocycles. The van der Waals surface area contributed by atoms with Gasteiger partial charge < -0.3 is 20.3 Å². The van der Waals surface area contributed by atoms with Gasteiger partial charge in [-0.1, -0.05) is 0 Å². The van der Waals surface area contributed by atoms with Gasteiger partial charge in [0.15, 0.2) is 0 Å². The number of halogens is 1. The molecule has 3 fully saturated rings. The lowest BCUT2D eigenvalue weighted by Gasteiger charge is -2.31. The van der Waals surface area contributed by atoms with E-state index >= 15 is 0 Å². The van der Waals surface area contributed by atoms with E-state index in [-0.39, 0.29) is 41.6 Å². The number of hydrogen-bond acceptors (Lipinski definition) is 4. The summed E-state index contributed by atoms with van der Waals surface area (Å²) in [6, 6.07) is 7.52. The Labute approximate surface area is 172 Å². The van der Waals surface area contributed by atoms with Crippen LogP contribution in [0.25, 0.3) is 0 Å². The summed E-state index contributed by atoms with van der Waals surface area (Å²) in [5, 5.41) is 6.40. The topological polar surface area (TPSA) is 70.7 Å². The van der Waals surface area contributed by atoms with Gasteiger partial charge in [0.05, 0.1) is 0 Å². The zero-order valence-electron chi connectivity index (χ0n) is 16.4. The van der Waals surface area contributed by atoms with Gasteiger partial charge in [-0.15, -0.1) is 12.4 Å². The van der Waals surface area contributed by atoms with Crippen LogP contribution >= 0.6 is 12.4 Å². The van der Waals surface area contributed by atoms with Crippen LogP contribution in [0.3, 0.4) is 0 Å². The van der Waals surface area contributed by atoms with Crippen LogP contribution in [0.5, 0.6) is 0 Å². The minimum absolute atomic E-state index is 0. The number of ether oxygens (including phenoxy) is 1. The normalized spacial score (nSPS) is 23.5. The first-order chi connectivity index (χ1) is 13.1. The van der Waals surface area contributed by atoms with Gasteiger partial charge in [-0.05, 0) is 74.9 Å². The lowest BCUT2D eigenvalue weighted by atomic mass is 9.92. The van der Waals surface area contributed by atoms with Gasteiger partial charge in [0, 0.05) is 43.5 Å². The third-order valence-corrected chi connectivity index (χ3v) is 6.56. The van der Waals surface area contributed by atoms with E-state index in [0.29, 0.717) is 18.8 Å². The number of anilines is 1. The van der Waals surface area contributed by atoms with E-state index in [1.807, 2.05) is 24.1 Å². The number of nitrogens with zero attached hydrogens (tertiary/aromatic N) is 1. The van der Waals surface area contributed by atoms with E-state index in [1.54, 1.807) is 12.1 Å². The third-order valence-electron chi connectivity index (χ3n) is 6.56. The zero-order valence-corrected chi connectivity index (χ0v) is 17.2. The van der Waals surface area contributed by atoms with E-state index < -0.39 is 0 Å². The van der Waals surface area contributed by atoms with Crippen molar-refractivity contribution in [1.29, 1.82) is 0 Å². The number of hydrogen-bond donors (Lipinski definition) is 2. The Bertz CT molecular complexity index is 697. The molecule has 1 aliphatic carbocycles. The van der Waals surface area contributed by atoms with Crippen LogP contribution in [0.2, 0.25) is 0 Å². The molecule has 2 N–H and O–H groups in total. The Morgan fingerprint density at radius 2 is 1.79 bits per heavy atom. The second-order valence-electron chi connectivity index (χ2n) is 8.20. The first-order valence-corrected chi connectivity index (χ1v) is 10.1. The number of carbonyl (C=O) groups is 2.